The lowest BCUT2D eigenvalue weighted by Gasteiger charge is -2.16. The molecule has 0 aliphatic heterocycles. The van der Waals surface area contributed by atoms with Crippen LogP contribution in [0, 0.1) is 0 Å². The van der Waals surface area contributed by atoms with Gasteiger partial charge in [0.15, 0.2) is 0 Å². The van der Waals surface area contributed by atoms with Crippen molar-refractivity contribution in [2.75, 3.05) is 0 Å². The van der Waals surface area contributed by atoms with E-state index in [4.69, 9.17) is 10.8 Å². The van der Waals surface area contributed by atoms with Gasteiger partial charge in [-0.1, -0.05) is 0 Å². The second kappa shape index (κ2) is 5.76. The molecule has 0 fully saturated rings. The fraction of sp³-hybridized carbons (Fsp3) is 0.273. The van der Waals surface area contributed by atoms with E-state index < -0.39 is 29.5 Å². The zero-order chi connectivity index (χ0) is 13.7. The highest BCUT2D eigenvalue weighted by molar-refractivity contribution is 6.46. The Bertz CT molecular complexity index is 464. The number of hydrogen-bond donors (Lipinski definition) is 3. The molecule has 0 radical (unpaired) electrons. The van der Waals surface area contributed by atoms with E-state index in [9.17, 15) is 19.2 Å². The molecule has 0 aromatic rings. The number of carboxylic acid groups (broad SMARTS) is 1. The molecule has 1 unspecified atom stereocenters. The van der Waals surface area contributed by atoms with Crippen LogP contribution in [0.5, 0.6) is 0 Å². The fourth-order valence-electron chi connectivity index (χ4n) is 1.34. The summed E-state index contributed by atoms with van der Waals surface area (Å²) in [7, 11) is 0. The van der Waals surface area contributed by atoms with Crippen LogP contribution in [0.2, 0.25) is 0 Å². The predicted molar refractivity (Wildman–Crippen MR) is 60.2 cm³/mol. The first-order chi connectivity index (χ1) is 8.40. The summed E-state index contributed by atoms with van der Waals surface area (Å²) in [6.07, 6.45) is 3.29. The topological polar surface area (TPSA) is 127 Å². The molecule has 0 saturated carbocycles. The molecule has 4 N–H and O–H groups in total. The molecule has 7 heteroatoms. The lowest BCUT2D eigenvalue weighted by atomic mass is 10.1. The number of ketones is 2. The van der Waals surface area contributed by atoms with E-state index in [0.717, 1.165) is 12.2 Å². The molecular weight excluding hydrogens is 240 g/mol. The minimum atomic E-state index is -1.17. The number of allylic oxidation sites excluding steroid dienone is 3. The Morgan fingerprint density at radius 1 is 1.28 bits per heavy atom. The van der Waals surface area contributed by atoms with Gasteiger partial charge < -0.3 is 16.2 Å². The first-order valence-electron chi connectivity index (χ1n) is 5.16. The highest BCUT2D eigenvalue weighted by Gasteiger charge is 2.20. The van der Waals surface area contributed by atoms with Crippen molar-refractivity contribution in [2.24, 2.45) is 5.73 Å². The number of rotatable bonds is 6. The normalized spacial score (nSPS) is 16.1. The van der Waals surface area contributed by atoms with Gasteiger partial charge in [-0.05, 0) is 18.6 Å². The summed E-state index contributed by atoms with van der Waals surface area (Å²) in [4.78, 5) is 43.5. The van der Waals surface area contributed by atoms with E-state index in [1.807, 2.05) is 0 Å². The van der Waals surface area contributed by atoms with Gasteiger partial charge >= 0.3 is 5.97 Å². The van der Waals surface area contributed by atoms with Gasteiger partial charge in [-0.25, -0.2) is 4.79 Å². The Morgan fingerprint density at radius 3 is 2.44 bits per heavy atom. The van der Waals surface area contributed by atoms with Crippen LogP contribution in [-0.4, -0.2) is 34.6 Å². The van der Waals surface area contributed by atoms with Gasteiger partial charge in [-0.15, -0.1) is 0 Å². The minimum Gasteiger partial charge on any atom is -0.480 e. The summed E-state index contributed by atoms with van der Waals surface area (Å²) in [5, 5.41) is 11.5. The number of carboxylic acids is 1. The zero-order valence-corrected chi connectivity index (χ0v) is 9.38. The summed E-state index contributed by atoms with van der Waals surface area (Å²) in [5.74, 6) is -3.17. The molecule has 1 aliphatic carbocycles. The van der Waals surface area contributed by atoms with Crippen molar-refractivity contribution in [3.63, 3.8) is 0 Å². The van der Waals surface area contributed by atoms with Crippen LogP contribution in [0.4, 0.5) is 0 Å². The second-order valence-electron chi connectivity index (χ2n) is 3.70. The average molecular weight is 252 g/mol. The van der Waals surface area contributed by atoms with Gasteiger partial charge in [-0.3, -0.25) is 14.4 Å². The second-order valence-corrected chi connectivity index (χ2v) is 3.70. The lowest BCUT2D eigenvalue weighted by molar-refractivity contribution is -0.139. The van der Waals surface area contributed by atoms with Gasteiger partial charge in [0.05, 0.1) is 0 Å². The molecule has 1 amide bonds. The number of carbonyl (C=O) groups is 4. The largest absolute Gasteiger partial charge is 0.480 e. The van der Waals surface area contributed by atoms with Crippen molar-refractivity contribution in [3.8, 4) is 0 Å². The fourth-order valence-corrected chi connectivity index (χ4v) is 1.34. The maximum absolute atomic E-state index is 11.1. The van der Waals surface area contributed by atoms with E-state index in [0.29, 0.717) is 0 Å². The van der Waals surface area contributed by atoms with Crippen molar-refractivity contribution in [2.45, 2.75) is 18.9 Å². The third kappa shape index (κ3) is 3.85. The third-order valence-corrected chi connectivity index (χ3v) is 2.26. The number of nitrogens with two attached hydrogens (primary N) is 1. The molecular formula is C11H12N2O5. The maximum atomic E-state index is 11.1. The number of hydrogen-bond acceptors (Lipinski definition) is 5. The number of carbonyl (C=O) groups excluding carboxylic acids is 3. The molecule has 0 heterocycles. The van der Waals surface area contributed by atoms with Crippen LogP contribution >= 0.6 is 0 Å². The molecule has 7 nitrogen and oxygen atoms in total. The van der Waals surface area contributed by atoms with Crippen molar-refractivity contribution in [3.05, 3.63) is 23.9 Å². The van der Waals surface area contributed by atoms with Crippen LogP contribution in [0.3, 0.4) is 0 Å². The van der Waals surface area contributed by atoms with Crippen LogP contribution < -0.4 is 11.1 Å². The quantitative estimate of drug-likeness (QED) is 0.406. The number of nitrogens with one attached hydrogen (secondary N) is 1. The van der Waals surface area contributed by atoms with E-state index in [1.54, 1.807) is 0 Å². The summed E-state index contributed by atoms with van der Waals surface area (Å²) in [6.45, 7) is 0. The summed E-state index contributed by atoms with van der Waals surface area (Å²) in [5.41, 5.74) is 5.15. The Labute approximate surface area is 102 Å². The van der Waals surface area contributed by atoms with Crippen LogP contribution in [0.15, 0.2) is 23.9 Å². The van der Waals surface area contributed by atoms with Crippen LogP contribution in [-0.2, 0) is 19.2 Å². The molecule has 96 valence electrons. The SMILES string of the molecule is NC(=O)CCC(NC1=CC(=O)C(=O)C=C1)C(=O)O. The zero-order valence-electron chi connectivity index (χ0n) is 9.38. The number of amides is 1. The highest BCUT2D eigenvalue weighted by atomic mass is 16.4. The van der Waals surface area contributed by atoms with Crippen molar-refractivity contribution >= 4 is 23.4 Å². The molecule has 1 atom stereocenters. The molecule has 0 aromatic heterocycles. The van der Waals surface area contributed by atoms with E-state index in [2.05, 4.69) is 5.32 Å². The first kappa shape index (κ1) is 13.6. The van der Waals surface area contributed by atoms with Gasteiger partial charge in [0.25, 0.3) is 0 Å². The highest BCUT2D eigenvalue weighted by Crippen LogP contribution is 2.06. The minimum absolute atomic E-state index is 0.00200. The monoisotopic (exact) mass is 252 g/mol. The smallest absolute Gasteiger partial charge is 0.326 e. The Morgan fingerprint density at radius 2 is 1.94 bits per heavy atom. The van der Waals surface area contributed by atoms with Crippen molar-refractivity contribution < 1.29 is 24.3 Å². The Hall–Kier alpha value is -2.44. The van der Waals surface area contributed by atoms with Gasteiger partial charge in [0, 0.05) is 18.2 Å². The molecule has 0 saturated heterocycles. The van der Waals surface area contributed by atoms with Gasteiger partial charge in [-0.2, -0.15) is 0 Å². The van der Waals surface area contributed by atoms with Gasteiger partial charge in [0.2, 0.25) is 17.5 Å². The van der Waals surface area contributed by atoms with E-state index in [-0.39, 0.29) is 18.5 Å². The molecule has 18 heavy (non-hydrogen) atoms. The Kier molecular flexibility index (Phi) is 4.36. The number of primary amides is 1. The van der Waals surface area contributed by atoms with Crippen LogP contribution in [0.25, 0.3) is 0 Å². The molecule has 1 aliphatic rings. The van der Waals surface area contributed by atoms with Crippen molar-refractivity contribution in [1.29, 1.82) is 0 Å². The third-order valence-electron chi connectivity index (χ3n) is 2.26. The van der Waals surface area contributed by atoms with Crippen molar-refractivity contribution in [1.82, 2.24) is 5.32 Å². The average Bonchev–Trinajstić information content (AvgIpc) is 2.28. The maximum Gasteiger partial charge on any atom is 0.326 e. The first-order valence-corrected chi connectivity index (χ1v) is 5.16. The summed E-state index contributed by atoms with van der Waals surface area (Å²) in [6, 6.07) is -1.05. The lowest BCUT2D eigenvalue weighted by Crippen LogP contribution is -2.37. The van der Waals surface area contributed by atoms with Crippen LogP contribution in [0.1, 0.15) is 12.8 Å². The Balaban J connectivity index is 2.67. The molecule has 1 rings (SSSR count). The predicted octanol–water partition coefficient (Wildman–Crippen LogP) is -1.11. The molecule has 0 bridgehead atoms. The standard InChI is InChI=1S/C11H12N2O5/c12-10(16)4-2-7(11(17)18)13-6-1-3-8(14)9(15)5-6/h1,3,5,7,13H,2,4H2,(H2,12,16)(H,17,18). The van der Waals surface area contributed by atoms with E-state index in [1.165, 1.54) is 6.08 Å². The summed E-state index contributed by atoms with van der Waals surface area (Å²) < 4.78 is 0. The summed E-state index contributed by atoms with van der Waals surface area (Å²) >= 11 is 0. The van der Waals surface area contributed by atoms with E-state index >= 15 is 0 Å². The van der Waals surface area contributed by atoms with Gasteiger partial charge in [0.1, 0.15) is 6.04 Å². The number of aliphatic carboxylic acids is 1. The molecule has 0 aromatic carbocycles. The molecule has 0 spiro atoms.